The number of carbonyl (C=O) groups excluding carboxylic acids is 1. The molecular weight excluding hydrogens is 566 g/mol. The van der Waals surface area contributed by atoms with E-state index >= 15 is 0 Å². The number of hydrogen-bond donors (Lipinski definition) is 3. The van der Waals surface area contributed by atoms with Crippen LogP contribution >= 0.6 is 0 Å². The van der Waals surface area contributed by atoms with Crippen molar-refractivity contribution in [1.29, 1.82) is 0 Å². The third-order valence-corrected chi connectivity index (χ3v) is 9.47. The van der Waals surface area contributed by atoms with Crippen molar-refractivity contribution >= 4 is 5.91 Å². The molecule has 0 rings (SSSR count). The van der Waals surface area contributed by atoms with Gasteiger partial charge in [-0.3, -0.25) is 4.79 Å². The maximum Gasteiger partial charge on any atom is 0.220 e. The van der Waals surface area contributed by atoms with Gasteiger partial charge in [0.15, 0.2) is 0 Å². The summed E-state index contributed by atoms with van der Waals surface area (Å²) in [4.78, 5) is 12.2. The van der Waals surface area contributed by atoms with Gasteiger partial charge in [-0.15, -0.1) is 0 Å². The summed E-state index contributed by atoms with van der Waals surface area (Å²) in [7, 11) is 0. The fourth-order valence-electron chi connectivity index (χ4n) is 6.27. The van der Waals surface area contributed by atoms with Crippen LogP contribution in [-0.4, -0.2) is 34.9 Å². The molecule has 0 aromatic carbocycles. The quantitative estimate of drug-likeness (QED) is 0.0464. The first-order chi connectivity index (χ1) is 22.7. The molecule has 46 heavy (non-hydrogen) atoms. The fourth-order valence-corrected chi connectivity index (χ4v) is 6.27. The minimum atomic E-state index is -0.652. The van der Waals surface area contributed by atoms with Gasteiger partial charge in [-0.1, -0.05) is 192 Å². The number of rotatable bonds is 37. The predicted molar refractivity (Wildman–Crippen MR) is 202 cm³/mol. The van der Waals surface area contributed by atoms with Crippen LogP contribution in [0.15, 0.2) is 24.3 Å². The second-order valence-corrected chi connectivity index (χ2v) is 14.1. The van der Waals surface area contributed by atoms with E-state index in [0.29, 0.717) is 12.8 Å². The van der Waals surface area contributed by atoms with Crippen LogP contribution in [0.2, 0.25) is 0 Å². The molecule has 0 radical (unpaired) electrons. The number of unbranched alkanes of at least 4 members (excludes halogenated alkanes) is 26. The van der Waals surface area contributed by atoms with E-state index in [1.54, 1.807) is 0 Å². The SMILES string of the molecule is CCCCCCC/C=C\C/C=C\CCCCCCCCCCCCCCCCCCCCCC(=O)NC(CO)C(O)CCCCC. The van der Waals surface area contributed by atoms with Crippen molar-refractivity contribution in [3.05, 3.63) is 24.3 Å². The Bertz CT molecular complexity index is 661. The van der Waals surface area contributed by atoms with E-state index in [1.807, 2.05) is 0 Å². The molecule has 0 aliphatic carbocycles. The number of allylic oxidation sites excluding steroid dienone is 4. The summed E-state index contributed by atoms with van der Waals surface area (Å²) < 4.78 is 0. The number of aliphatic hydroxyl groups is 2. The van der Waals surface area contributed by atoms with E-state index in [1.165, 1.54) is 154 Å². The zero-order chi connectivity index (χ0) is 33.6. The lowest BCUT2D eigenvalue weighted by Gasteiger charge is -2.22. The Morgan fingerprint density at radius 2 is 0.891 bits per heavy atom. The standard InChI is InChI=1S/C42H81NO3/c1-3-5-7-8-9-10-11-12-13-14-15-16-17-18-19-20-21-22-23-24-25-26-27-28-29-30-31-32-33-34-36-38-42(46)43-40(39-44)41(45)37-35-6-4-2/h11-12,14-15,40-41,44-45H,3-10,13,16-39H2,1-2H3,(H,43,46)/b12-11-,15-14-. The molecule has 272 valence electrons. The van der Waals surface area contributed by atoms with Gasteiger partial charge in [0.1, 0.15) is 0 Å². The van der Waals surface area contributed by atoms with Gasteiger partial charge in [0.25, 0.3) is 0 Å². The fraction of sp³-hybridized carbons (Fsp3) is 0.881. The van der Waals surface area contributed by atoms with Crippen LogP contribution in [-0.2, 0) is 4.79 Å². The summed E-state index contributed by atoms with van der Waals surface area (Å²) in [5.41, 5.74) is 0. The summed E-state index contributed by atoms with van der Waals surface area (Å²) in [5, 5.41) is 22.5. The molecule has 2 unspecified atom stereocenters. The van der Waals surface area contributed by atoms with Crippen molar-refractivity contribution < 1.29 is 15.0 Å². The molecule has 3 N–H and O–H groups in total. The summed E-state index contributed by atoms with van der Waals surface area (Å²) in [5.74, 6) is -0.0412. The van der Waals surface area contributed by atoms with Gasteiger partial charge in [0.2, 0.25) is 5.91 Å². The topological polar surface area (TPSA) is 69.6 Å². The van der Waals surface area contributed by atoms with E-state index in [2.05, 4.69) is 43.5 Å². The van der Waals surface area contributed by atoms with Gasteiger partial charge < -0.3 is 15.5 Å². The summed E-state index contributed by atoms with van der Waals surface area (Å²) in [6.45, 7) is 4.21. The van der Waals surface area contributed by atoms with Crippen LogP contribution in [0, 0.1) is 0 Å². The highest BCUT2D eigenvalue weighted by Crippen LogP contribution is 2.15. The van der Waals surface area contributed by atoms with Crippen LogP contribution in [0.5, 0.6) is 0 Å². The van der Waals surface area contributed by atoms with Crippen molar-refractivity contribution in [2.24, 2.45) is 0 Å². The number of hydrogen-bond acceptors (Lipinski definition) is 3. The van der Waals surface area contributed by atoms with Crippen molar-refractivity contribution in [2.45, 2.75) is 231 Å². The van der Waals surface area contributed by atoms with E-state index in [-0.39, 0.29) is 12.5 Å². The second-order valence-electron chi connectivity index (χ2n) is 14.1. The van der Waals surface area contributed by atoms with E-state index in [4.69, 9.17) is 0 Å². The maximum atomic E-state index is 12.2. The monoisotopic (exact) mass is 648 g/mol. The van der Waals surface area contributed by atoms with Crippen molar-refractivity contribution in [2.75, 3.05) is 6.61 Å². The molecule has 2 atom stereocenters. The Kier molecular flexibility index (Phi) is 37.4. The highest BCUT2D eigenvalue weighted by atomic mass is 16.3. The number of nitrogens with one attached hydrogen (secondary N) is 1. The van der Waals surface area contributed by atoms with Gasteiger partial charge in [-0.05, 0) is 44.9 Å². The lowest BCUT2D eigenvalue weighted by atomic mass is 10.0. The molecule has 4 nitrogen and oxygen atoms in total. The molecule has 0 bridgehead atoms. The Morgan fingerprint density at radius 1 is 0.522 bits per heavy atom. The first-order valence-electron chi connectivity index (χ1n) is 20.5. The molecule has 0 aromatic heterocycles. The Labute approximate surface area is 288 Å². The highest BCUT2D eigenvalue weighted by Gasteiger charge is 2.19. The maximum absolute atomic E-state index is 12.2. The third-order valence-electron chi connectivity index (χ3n) is 9.47. The van der Waals surface area contributed by atoms with Gasteiger partial charge in [0, 0.05) is 6.42 Å². The zero-order valence-electron chi connectivity index (χ0n) is 31.1. The normalized spacial score (nSPS) is 13.2. The van der Waals surface area contributed by atoms with Gasteiger partial charge in [-0.25, -0.2) is 0 Å². The zero-order valence-corrected chi connectivity index (χ0v) is 31.1. The molecule has 0 aliphatic heterocycles. The molecule has 0 aliphatic rings. The minimum absolute atomic E-state index is 0.0412. The Hall–Kier alpha value is -1.13. The van der Waals surface area contributed by atoms with Crippen molar-refractivity contribution in [3.8, 4) is 0 Å². The van der Waals surface area contributed by atoms with E-state index in [0.717, 1.165) is 38.5 Å². The second kappa shape index (κ2) is 38.3. The molecule has 4 heteroatoms. The molecule has 0 saturated heterocycles. The van der Waals surface area contributed by atoms with Crippen molar-refractivity contribution in [1.82, 2.24) is 5.32 Å². The molecule has 0 heterocycles. The van der Waals surface area contributed by atoms with E-state index in [9.17, 15) is 15.0 Å². The number of carbonyl (C=O) groups is 1. The van der Waals surface area contributed by atoms with Crippen molar-refractivity contribution in [3.63, 3.8) is 0 Å². The molecule has 0 fully saturated rings. The molecule has 0 aromatic rings. The molecular formula is C42H81NO3. The van der Waals surface area contributed by atoms with Crippen LogP contribution in [0.1, 0.15) is 219 Å². The smallest absolute Gasteiger partial charge is 0.220 e. The Morgan fingerprint density at radius 3 is 1.30 bits per heavy atom. The van der Waals surface area contributed by atoms with Gasteiger partial charge in [0.05, 0.1) is 18.8 Å². The molecule has 1 amide bonds. The average molecular weight is 648 g/mol. The average Bonchev–Trinajstić information content (AvgIpc) is 3.06. The molecule has 0 saturated carbocycles. The minimum Gasteiger partial charge on any atom is -0.394 e. The van der Waals surface area contributed by atoms with Crippen LogP contribution in [0.4, 0.5) is 0 Å². The highest BCUT2D eigenvalue weighted by molar-refractivity contribution is 5.76. The van der Waals surface area contributed by atoms with Crippen LogP contribution in [0.25, 0.3) is 0 Å². The Balaban J connectivity index is 3.31. The summed E-state index contributed by atoms with van der Waals surface area (Å²) >= 11 is 0. The van der Waals surface area contributed by atoms with E-state index < -0.39 is 12.1 Å². The summed E-state index contributed by atoms with van der Waals surface area (Å²) in [6.07, 6.45) is 49.0. The first-order valence-corrected chi connectivity index (χ1v) is 20.5. The number of amides is 1. The van der Waals surface area contributed by atoms with Crippen LogP contribution in [0.3, 0.4) is 0 Å². The summed E-state index contributed by atoms with van der Waals surface area (Å²) in [6, 6.07) is -0.528. The lowest BCUT2D eigenvalue weighted by molar-refractivity contribution is -0.123. The predicted octanol–water partition coefficient (Wildman–Crippen LogP) is 12.5. The van der Waals surface area contributed by atoms with Gasteiger partial charge >= 0.3 is 0 Å². The number of aliphatic hydroxyl groups excluding tert-OH is 2. The largest absolute Gasteiger partial charge is 0.394 e. The first kappa shape index (κ1) is 44.9. The third kappa shape index (κ3) is 34.2. The molecule has 0 spiro atoms. The van der Waals surface area contributed by atoms with Crippen LogP contribution < -0.4 is 5.32 Å². The van der Waals surface area contributed by atoms with Gasteiger partial charge in [-0.2, -0.15) is 0 Å². The lowest BCUT2D eigenvalue weighted by Crippen LogP contribution is -2.45.